The smallest absolute Gasteiger partial charge is 0.136 e. The molecule has 5 heteroatoms. The van der Waals surface area contributed by atoms with E-state index in [0.29, 0.717) is 5.76 Å². The van der Waals surface area contributed by atoms with Gasteiger partial charge in [0.05, 0.1) is 6.61 Å². The van der Waals surface area contributed by atoms with Crippen LogP contribution in [0.1, 0.15) is 38.1 Å². The second kappa shape index (κ2) is 5.77. The molecule has 2 N–H and O–H groups in total. The first kappa shape index (κ1) is 15.4. The van der Waals surface area contributed by atoms with E-state index in [1.807, 2.05) is 52.0 Å². The van der Waals surface area contributed by atoms with Crippen LogP contribution in [-0.4, -0.2) is 21.0 Å². The van der Waals surface area contributed by atoms with Crippen molar-refractivity contribution in [1.82, 2.24) is 4.72 Å². The number of aliphatic hydroxyl groups is 1. The number of aliphatic hydroxyl groups excluding tert-OH is 1. The summed E-state index contributed by atoms with van der Waals surface area (Å²) in [4.78, 5) is 0. The van der Waals surface area contributed by atoms with Gasteiger partial charge in [0, 0.05) is 16.7 Å². The van der Waals surface area contributed by atoms with Gasteiger partial charge in [-0.05, 0) is 45.9 Å². The van der Waals surface area contributed by atoms with Gasteiger partial charge in [0.1, 0.15) is 22.1 Å². The lowest BCUT2D eigenvalue weighted by Crippen LogP contribution is -2.42. The minimum Gasteiger partial charge on any atom is -0.598 e. The molecule has 1 aromatic carbocycles. The Morgan fingerprint density at radius 1 is 1.35 bits per heavy atom. The molecule has 1 aromatic heterocycles. The first-order chi connectivity index (χ1) is 9.31. The molecule has 0 radical (unpaired) electrons. The van der Waals surface area contributed by atoms with E-state index in [-0.39, 0.29) is 6.61 Å². The number of rotatable bonds is 4. The third kappa shape index (κ3) is 3.35. The maximum Gasteiger partial charge on any atom is 0.136 e. The van der Waals surface area contributed by atoms with Crippen molar-refractivity contribution in [3.8, 4) is 0 Å². The van der Waals surface area contributed by atoms with E-state index in [2.05, 4.69) is 4.72 Å². The van der Waals surface area contributed by atoms with Crippen molar-refractivity contribution in [2.45, 2.75) is 38.5 Å². The van der Waals surface area contributed by atoms with Gasteiger partial charge >= 0.3 is 0 Å². The van der Waals surface area contributed by atoms with Crippen molar-refractivity contribution in [3.05, 3.63) is 35.6 Å². The van der Waals surface area contributed by atoms with Crippen molar-refractivity contribution in [1.29, 1.82) is 0 Å². The molecule has 0 spiro atoms. The van der Waals surface area contributed by atoms with Crippen LogP contribution in [0, 0.1) is 6.92 Å². The lowest BCUT2D eigenvalue weighted by atomic mass is 10.1. The molecule has 0 aliphatic carbocycles. The van der Waals surface area contributed by atoms with Crippen molar-refractivity contribution in [2.75, 3.05) is 6.61 Å². The number of nitrogens with one attached hydrogen (secondary N) is 1. The zero-order chi connectivity index (χ0) is 14.9. The minimum absolute atomic E-state index is 0.166. The monoisotopic (exact) mass is 295 g/mol. The molecule has 4 nitrogen and oxygen atoms in total. The van der Waals surface area contributed by atoms with Crippen molar-refractivity contribution < 1.29 is 14.1 Å². The molecule has 0 bridgehead atoms. The van der Waals surface area contributed by atoms with E-state index < -0.39 is 22.2 Å². The first-order valence-corrected chi connectivity index (χ1v) is 7.75. The molecule has 20 heavy (non-hydrogen) atoms. The summed E-state index contributed by atoms with van der Waals surface area (Å²) in [6, 6.07) is 7.32. The number of fused-ring (bicyclic) bond motifs is 1. The highest BCUT2D eigenvalue weighted by molar-refractivity contribution is 7.90. The average Bonchev–Trinajstić information content (AvgIpc) is 2.76. The molecule has 2 rings (SSSR count). The summed E-state index contributed by atoms with van der Waals surface area (Å²) in [6.07, 6.45) is 0. The van der Waals surface area contributed by atoms with Crippen LogP contribution >= 0.6 is 0 Å². The summed E-state index contributed by atoms with van der Waals surface area (Å²) in [5.74, 6) is 0.603. The third-order valence-corrected chi connectivity index (χ3v) is 4.63. The molecule has 0 saturated carbocycles. The summed E-state index contributed by atoms with van der Waals surface area (Å²) >= 11 is -1.26. The topological polar surface area (TPSA) is 68.5 Å². The normalized spacial score (nSPS) is 15.5. The van der Waals surface area contributed by atoms with E-state index in [0.717, 1.165) is 16.5 Å². The van der Waals surface area contributed by atoms with Crippen LogP contribution in [0.2, 0.25) is 0 Å². The molecule has 0 fully saturated rings. The SMILES string of the molecule is Cc1ccc2oc([C@@H](CO)N[S@@+]([O-])C(C)(C)C)cc2c1. The maximum atomic E-state index is 12.1. The Kier molecular flexibility index (Phi) is 4.44. The zero-order valence-electron chi connectivity index (χ0n) is 12.3. The molecule has 0 aliphatic heterocycles. The van der Waals surface area contributed by atoms with Gasteiger partial charge in [-0.2, -0.15) is 0 Å². The summed E-state index contributed by atoms with van der Waals surface area (Å²) in [7, 11) is 0. The van der Waals surface area contributed by atoms with Gasteiger partial charge in [0.25, 0.3) is 0 Å². The Bertz CT molecular complexity index is 588. The fraction of sp³-hybridized carbons (Fsp3) is 0.467. The fourth-order valence-corrected chi connectivity index (χ4v) is 2.65. The molecule has 0 aliphatic rings. The summed E-state index contributed by atoms with van der Waals surface area (Å²) in [5.41, 5.74) is 1.92. The molecule has 2 atom stereocenters. The molecule has 2 aromatic rings. The molecule has 1 heterocycles. The van der Waals surface area contributed by atoms with Crippen LogP contribution in [0.3, 0.4) is 0 Å². The molecule has 0 amide bonds. The summed E-state index contributed by atoms with van der Waals surface area (Å²) < 4.78 is 20.4. The average molecular weight is 295 g/mol. The Morgan fingerprint density at radius 3 is 2.65 bits per heavy atom. The highest BCUT2D eigenvalue weighted by atomic mass is 32.2. The van der Waals surface area contributed by atoms with Crippen molar-refractivity contribution in [2.24, 2.45) is 0 Å². The lowest BCUT2D eigenvalue weighted by Gasteiger charge is -2.26. The van der Waals surface area contributed by atoms with Crippen LogP contribution in [0.15, 0.2) is 28.7 Å². The Morgan fingerprint density at radius 2 is 2.05 bits per heavy atom. The number of benzene rings is 1. The number of hydrogen-bond acceptors (Lipinski definition) is 4. The van der Waals surface area contributed by atoms with E-state index in [9.17, 15) is 9.66 Å². The van der Waals surface area contributed by atoms with Gasteiger partial charge in [-0.3, -0.25) is 0 Å². The predicted octanol–water partition coefficient (Wildman–Crippen LogP) is 2.83. The van der Waals surface area contributed by atoms with Crippen molar-refractivity contribution in [3.63, 3.8) is 0 Å². The van der Waals surface area contributed by atoms with Gasteiger partial charge in [0.2, 0.25) is 0 Å². The van der Waals surface area contributed by atoms with Gasteiger partial charge in [0.15, 0.2) is 0 Å². The molecule has 110 valence electrons. The standard InChI is InChI=1S/C15H21NO3S/c1-10-5-6-13-11(7-10)8-14(19-13)12(9-17)16-20(18)15(2,3)4/h5-8,12,16-17H,9H2,1-4H3/t12-,20+/m1/s1. The molecular weight excluding hydrogens is 274 g/mol. The summed E-state index contributed by atoms with van der Waals surface area (Å²) in [5, 5.41) is 10.5. The first-order valence-electron chi connectivity index (χ1n) is 6.60. The predicted molar refractivity (Wildman–Crippen MR) is 81.8 cm³/mol. The second-order valence-corrected chi connectivity index (χ2v) is 7.92. The largest absolute Gasteiger partial charge is 0.598 e. The quantitative estimate of drug-likeness (QED) is 0.851. The number of hydrogen-bond donors (Lipinski definition) is 2. The van der Waals surface area contributed by atoms with Crippen molar-refractivity contribution >= 4 is 22.3 Å². The molecule has 0 saturated heterocycles. The maximum absolute atomic E-state index is 12.1. The Labute approximate surface area is 122 Å². The van der Waals surface area contributed by atoms with Gasteiger partial charge in [-0.15, -0.1) is 4.72 Å². The van der Waals surface area contributed by atoms with E-state index in [4.69, 9.17) is 4.42 Å². The summed E-state index contributed by atoms with van der Waals surface area (Å²) in [6.45, 7) is 7.49. The second-order valence-electron chi connectivity index (χ2n) is 5.92. The molecular formula is C15H21NO3S. The highest BCUT2D eigenvalue weighted by Gasteiger charge is 2.30. The number of aryl methyl sites for hydroxylation is 1. The number of furan rings is 1. The van der Waals surface area contributed by atoms with Crippen LogP contribution < -0.4 is 4.72 Å². The van der Waals surface area contributed by atoms with E-state index >= 15 is 0 Å². The Hall–Kier alpha value is -1.01. The third-order valence-electron chi connectivity index (χ3n) is 3.02. The van der Waals surface area contributed by atoms with E-state index in [1.165, 1.54) is 0 Å². The highest BCUT2D eigenvalue weighted by Crippen LogP contribution is 2.26. The van der Waals surface area contributed by atoms with Gasteiger partial charge < -0.3 is 14.1 Å². The van der Waals surface area contributed by atoms with Crippen LogP contribution in [-0.2, 0) is 11.4 Å². The van der Waals surface area contributed by atoms with Crippen LogP contribution in [0.4, 0.5) is 0 Å². The van der Waals surface area contributed by atoms with Crippen LogP contribution in [0.25, 0.3) is 11.0 Å². The van der Waals surface area contributed by atoms with Crippen LogP contribution in [0.5, 0.6) is 0 Å². The minimum atomic E-state index is -1.26. The zero-order valence-corrected chi connectivity index (χ0v) is 13.1. The lowest BCUT2D eigenvalue weighted by molar-refractivity contribution is 0.243. The van der Waals surface area contributed by atoms with Gasteiger partial charge in [-0.25, -0.2) is 0 Å². The van der Waals surface area contributed by atoms with E-state index in [1.54, 1.807) is 0 Å². The Balaban J connectivity index is 2.25. The fourth-order valence-electron chi connectivity index (χ4n) is 1.85. The van der Waals surface area contributed by atoms with Gasteiger partial charge in [-0.1, -0.05) is 11.6 Å². The molecule has 0 unspecified atom stereocenters.